The standard InChI is InChI=1S/C10H13O.2C4H9.Al/c1-2-3-9-11-10-7-5-4-6-8-10;2*1-4(2)3;/h4-7H,2-3,9H2,1H3;2*4H,1H2,2-3H3;/p+1. The molecule has 0 aliphatic rings. The van der Waals surface area contributed by atoms with Crippen molar-refractivity contribution in [1.82, 2.24) is 0 Å². The van der Waals surface area contributed by atoms with Gasteiger partial charge in [0.05, 0.1) is 0 Å². The molecule has 0 aromatic heterocycles. The zero-order chi connectivity index (χ0) is 15.0. The average Bonchev–Trinajstić information content (AvgIpc) is 2.38. The van der Waals surface area contributed by atoms with Crippen LogP contribution in [0.1, 0.15) is 47.5 Å². The quantitative estimate of drug-likeness (QED) is 0.354. The summed E-state index contributed by atoms with van der Waals surface area (Å²) in [6.07, 6.45) is 2.43. The first-order chi connectivity index (χ1) is 9.54. The minimum atomic E-state index is -0.892. The predicted molar refractivity (Wildman–Crippen MR) is 92.6 cm³/mol. The highest BCUT2D eigenvalue weighted by Crippen LogP contribution is 2.19. The molecule has 1 aromatic rings. The van der Waals surface area contributed by atoms with Gasteiger partial charge in [-0.3, -0.25) is 0 Å². The predicted octanol–water partition coefficient (Wildman–Crippen LogP) is 4.74. The van der Waals surface area contributed by atoms with Gasteiger partial charge in [-0.05, 0) is 10.8 Å². The lowest BCUT2D eigenvalue weighted by molar-refractivity contribution is 0.0677. The van der Waals surface area contributed by atoms with E-state index in [0.29, 0.717) is 0 Å². The molecule has 0 saturated heterocycles. The van der Waals surface area contributed by atoms with Crippen LogP contribution in [0.15, 0.2) is 24.3 Å². The number of aliphatic hydroxyl groups is 1. The normalized spacial score (nSPS) is 11.2. The van der Waals surface area contributed by atoms with Crippen LogP contribution in [0.3, 0.4) is 0 Å². The first kappa shape index (κ1) is 17.6. The number of hydrogen-bond donors (Lipinski definition) is 0. The van der Waals surface area contributed by atoms with Gasteiger partial charge in [0.2, 0.25) is 5.75 Å². The van der Waals surface area contributed by atoms with E-state index in [-0.39, 0.29) is 0 Å². The SMILES string of the molecule is CCCC[OH+]c1cccc[c]1[Al]([CH2]C(C)C)[CH2]C(C)C. The number of benzene rings is 1. The zero-order valence-electron chi connectivity index (χ0n) is 14.0. The van der Waals surface area contributed by atoms with Crippen LogP contribution < -0.4 is 4.43 Å². The number of hydrogen-bond acceptors (Lipinski definition) is 0. The fourth-order valence-electron chi connectivity index (χ4n) is 2.82. The molecule has 1 N–H and O–H groups in total. The largest absolute Gasteiger partial charge is 0.583 e. The second-order valence-corrected chi connectivity index (χ2v) is 9.71. The Morgan fingerprint density at radius 1 is 1.00 bits per heavy atom. The second-order valence-electron chi connectivity index (χ2n) is 6.75. The van der Waals surface area contributed by atoms with E-state index in [2.05, 4.69) is 58.9 Å². The Kier molecular flexibility index (Phi) is 8.35. The molecule has 0 heterocycles. The minimum Gasteiger partial charge on any atom is -0.583 e. The van der Waals surface area contributed by atoms with Crippen molar-refractivity contribution in [3.63, 3.8) is 0 Å². The van der Waals surface area contributed by atoms with Crippen molar-refractivity contribution >= 4 is 18.6 Å². The van der Waals surface area contributed by atoms with E-state index in [0.717, 1.165) is 18.4 Å². The van der Waals surface area contributed by atoms with Crippen LogP contribution in [-0.2, 0) is 0 Å². The Balaban J connectivity index is 2.87. The molecule has 1 rings (SSSR count). The van der Waals surface area contributed by atoms with Crippen molar-refractivity contribution in [2.75, 3.05) is 6.61 Å². The molecule has 0 atom stereocenters. The molecular formula is C18H32AlO+. The molecule has 112 valence electrons. The highest BCUT2D eigenvalue weighted by Gasteiger charge is 2.27. The summed E-state index contributed by atoms with van der Waals surface area (Å²) in [5, 5.41) is 2.80. The highest BCUT2D eigenvalue weighted by atomic mass is 27.2. The Morgan fingerprint density at radius 2 is 1.60 bits per heavy atom. The zero-order valence-corrected chi connectivity index (χ0v) is 15.2. The summed E-state index contributed by atoms with van der Waals surface area (Å²) >= 11 is -0.892. The smallest absolute Gasteiger partial charge is 0.321 e. The number of unbranched alkanes of at least 4 members (excludes halogenated alkanes) is 1. The minimum absolute atomic E-state index is 0.800. The van der Waals surface area contributed by atoms with Crippen LogP contribution in [0, 0.1) is 11.8 Å². The van der Waals surface area contributed by atoms with Gasteiger partial charge in [-0.2, -0.15) is 0 Å². The molecule has 2 heteroatoms. The summed E-state index contributed by atoms with van der Waals surface area (Å²) in [5.74, 6) is 2.89. The number of aromatic hydroxyl groups is 1. The van der Waals surface area contributed by atoms with Crippen LogP contribution in [0.5, 0.6) is 5.75 Å². The maximum absolute atomic E-state index is 4.87. The summed E-state index contributed by atoms with van der Waals surface area (Å²) in [7, 11) is 0. The summed E-state index contributed by atoms with van der Waals surface area (Å²) in [6, 6.07) is 8.93. The Labute approximate surface area is 130 Å². The molecule has 0 fully saturated rings. The van der Waals surface area contributed by atoms with Crippen LogP contribution >= 0.6 is 0 Å². The summed E-state index contributed by atoms with van der Waals surface area (Å²) in [4.78, 5) is 0. The summed E-state index contributed by atoms with van der Waals surface area (Å²) in [6.45, 7) is 12.6. The Hall–Kier alpha value is -0.448. The van der Waals surface area contributed by atoms with Gasteiger partial charge in [0.25, 0.3) is 0 Å². The fourth-order valence-corrected chi connectivity index (χ4v) is 6.79. The van der Waals surface area contributed by atoms with Crippen molar-refractivity contribution in [3.05, 3.63) is 24.3 Å². The van der Waals surface area contributed by atoms with Gasteiger partial charge in [0.15, 0.2) is 6.61 Å². The maximum Gasteiger partial charge on any atom is 0.321 e. The van der Waals surface area contributed by atoms with E-state index in [1.165, 1.54) is 29.2 Å². The van der Waals surface area contributed by atoms with Crippen molar-refractivity contribution in [2.45, 2.75) is 58.0 Å². The Bertz CT molecular complexity index is 363. The fraction of sp³-hybridized carbons (Fsp3) is 0.667. The molecule has 0 bridgehead atoms. The molecule has 1 aromatic carbocycles. The molecule has 0 unspecified atom stereocenters. The van der Waals surface area contributed by atoms with Gasteiger partial charge in [0, 0.05) is 12.5 Å². The van der Waals surface area contributed by atoms with Crippen molar-refractivity contribution in [1.29, 1.82) is 0 Å². The average molecular weight is 291 g/mol. The lowest BCUT2D eigenvalue weighted by Crippen LogP contribution is -2.33. The number of rotatable bonds is 9. The van der Waals surface area contributed by atoms with Crippen LogP contribution in [0.2, 0.25) is 10.6 Å². The van der Waals surface area contributed by atoms with Gasteiger partial charge in [-0.1, -0.05) is 75.2 Å². The third-order valence-corrected chi connectivity index (χ3v) is 8.07. The van der Waals surface area contributed by atoms with E-state index in [1.807, 2.05) is 0 Å². The van der Waals surface area contributed by atoms with E-state index < -0.39 is 14.1 Å². The molecule has 0 amide bonds. The van der Waals surface area contributed by atoms with Crippen LogP contribution in [0.4, 0.5) is 0 Å². The van der Waals surface area contributed by atoms with Gasteiger partial charge < -0.3 is 4.74 Å². The topological polar surface area (TPSA) is 12.8 Å². The molecule has 20 heavy (non-hydrogen) atoms. The van der Waals surface area contributed by atoms with E-state index >= 15 is 0 Å². The first-order valence-corrected chi connectivity index (χ1v) is 10.5. The van der Waals surface area contributed by atoms with E-state index in [4.69, 9.17) is 4.74 Å². The third-order valence-electron chi connectivity index (χ3n) is 3.68. The lowest BCUT2D eigenvalue weighted by atomic mass is 10.3. The van der Waals surface area contributed by atoms with Gasteiger partial charge >= 0.3 is 14.1 Å². The van der Waals surface area contributed by atoms with E-state index in [9.17, 15) is 0 Å². The van der Waals surface area contributed by atoms with Crippen molar-refractivity contribution in [3.8, 4) is 5.75 Å². The monoisotopic (exact) mass is 291 g/mol. The van der Waals surface area contributed by atoms with Crippen molar-refractivity contribution < 1.29 is 4.74 Å². The van der Waals surface area contributed by atoms with Crippen LogP contribution in [0.25, 0.3) is 0 Å². The van der Waals surface area contributed by atoms with Gasteiger partial charge in [-0.25, -0.2) is 0 Å². The van der Waals surface area contributed by atoms with E-state index in [1.54, 1.807) is 4.43 Å². The molecule has 0 aliphatic carbocycles. The molecule has 0 saturated carbocycles. The van der Waals surface area contributed by atoms with Crippen molar-refractivity contribution in [2.24, 2.45) is 11.8 Å². The molecular weight excluding hydrogens is 259 g/mol. The molecule has 0 spiro atoms. The molecule has 0 radical (unpaired) electrons. The second kappa shape index (κ2) is 9.48. The summed E-state index contributed by atoms with van der Waals surface area (Å²) in [5.41, 5.74) is 0. The number of para-hydroxylation sites is 1. The lowest BCUT2D eigenvalue weighted by Gasteiger charge is -2.18. The molecule has 0 aliphatic heterocycles. The van der Waals surface area contributed by atoms with Gasteiger partial charge in [0.1, 0.15) is 0 Å². The first-order valence-electron chi connectivity index (χ1n) is 8.31. The van der Waals surface area contributed by atoms with Gasteiger partial charge in [-0.15, -0.1) is 0 Å². The highest BCUT2D eigenvalue weighted by molar-refractivity contribution is 6.74. The third kappa shape index (κ3) is 6.33. The Morgan fingerprint density at radius 3 is 2.15 bits per heavy atom. The number of ether oxygens (including phenoxy) is 1. The maximum atomic E-state index is 4.87. The molecule has 1 nitrogen and oxygen atoms in total. The van der Waals surface area contributed by atoms with Crippen LogP contribution in [-0.4, -0.2) is 25.5 Å². The summed E-state index contributed by atoms with van der Waals surface area (Å²) < 4.78 is 6.47.